The molecule has 2 rings (SSSR count). The first kappa shape index (κ1) is 17.9. The minimum absolute atomic E-state index is 0.590. The predicted octanol–water partition coefficient (Wildman–Crippen LogP) is 4.72. The molecule has 1 saturated heterocycles. The lowest BCUT2D eigenvalue weighted by atomic mass is 9.88. The van der Waals surface area contributed by atoms with E-state index in [1.165, 1.54) is 25.7 Å². The molecule has 0 aromatic heterocycles. The highest BCUT2D eigenvalue weighted by Crippen LogP contribution is 2.42. The van der Waals surface area contributed by atoms with E-state index in [1.54, 1.807) is 0 Å². The molecule has 124 valence electrons. The third kappa shape index (κ3) is 6.27. The molecule has 2 aliphatic rings. The number of hydrogen-bond donors (Lipinski definition) is 0. The molecule has 0 amide bonds. The van der Waals surface area contributed by atoms with Gasteiger partial charge in [0.05, 0.1) is 12.2 Å². The molecule has 0 aromatic rings. The molecular weight excluding hydrogens is 312 g/mol. The minimum atomic E-state index is -2.03. The molecule has 1 aliphatic heterocycles. The molecule has 1 aliphatic carbocycles. The molecule has 1 unspecified atom stereocenters. The average molecular weight is 347 g/mol. The van der Waals surface area contributed by atoms with Crippen molar-refractivity contribution in [3.8, 4) is 0 Å². The van der Waals surface area contributed by atoms with Gasteiger partial charge in [-0.3, -0.25) is 0 Å². The average Bonchev–Trinajstić information content (AvgIpc) is 2.98. The summed E-state index contributed by atoms with van der Waals surface area (Å²) in [7, 11) is -5.13. The number of epoxide rings is 1. The second-order valence-corrected chi connectivity index (χ2v) is 21.8. The Kier molecular flexibility index (Phi) is 5.28. The maximum atomic E-state index is 6.59. The Bertz CT molecular complexity index is 346. The van der Waals surface area contributed by atoms with Crippen LogP contribution in [0.25, 0.3) is 0 Å². The van der Waals surface area contributed by atoms with Crippen LogP contribution in [-0.2, 0) is 13.0 Å². The van der Waals surface area contributed by atoms with Crippen molar-refractivity contribution in [1.29, 1.82) is 0 Å². The van der Waals surface area contributed by atoms with E-state index in [-0.39, 0.29) is 0 Å². The van der Waals surface area contributed by atoms with Gasteiger partial charge in [-0.2, -0.15) is 0 Å². The first-order valence-corrected chi connectivity index (χ1v) is 17.9. The fraction of sp³-hybridized carbons (Fsp3) is 1.00. The van der Waals surface area contributed by atoms with Crippen LogP contribution in [-0.4, -0.2) is 37.4 Å². The zero-order chi connectivity index (χ0) is 15.9. The SMILES string of the molecule is C[Si](C)(C)O[Si](C)(CCC1CC[C@H]2O[C@H]2C1)O[Si](C)(C)C. The van der Waals surface area contributed by atoms with Crippen LogP contribution in [0.2, 0.25) is 51.9 Å². The lowest BCUT2D eigenvalue weighted by molar-refractivity contribution is 0.338. The van der Waals surface area contributed by atoms with Gasteiger partial charge in [0.2, 0.25) is 0 Å². The van der Waals surface area contributed by atoms with Gasteiger partial charge in [0.1, 0.15) is 0 Å². The van der Waals surface area contributed by atoms with Crippen molar-refractivity contribution in [3.05, 3.63) is 0 Å². The topological polar surface area (TPSA) is 31.0 Å². The summed E-state index contributed by atoms with van der Waals surface area (Å²) >= 11 is 0. The fourth-order valence-electron chi connectivity index (χ4n) is 3.63. The summed E-state index contributed by atoms with van der Waals surface area (Å²) in [6, 6.07) is 1.16. The van der Waals surface area contributed by atoms with Crippen LogP contribution in [0.3, 0.4) is 0 Å². The van der Waals surface area contributed by atoms with Crippen LogP contribution in [0.1, 0.15) is 25.7 Å². The van der Waals surface area contributed by atoms with Gasteiger partial charge < -0.3 is 13.0 Å². The third-order valence-corrected chi connectivity index (χ3v) is 13.7. The highest BCUT2D eigenvalue weighted by Gasteiger charge is 2.45. The number of rotatable bonds is 7. The van der Waals surface area contributed by atoms with Gasteiger partial charge in [0.25, 0.3) is 0 Å². The smallest absolute Gasteiger partial charge is 0.314 e. The maximum absolute atomic E-state index is 6.59. The molecule has 1 saturated carbocycles. The normalized spacial score (nSPS) is 30.1. The van der Waals surface area contributed by atoms with E-state index in [1.807, 2.05) is 0 Å². The quantitative estimate of drug-likeness (QED) is 0.494. The molecular formula is C15H34O3Si3. The lowest BCUT2D eigenvalue weighted by Crippen LogP contribution is -2.52. The summed E-state index contributed by atoms with van der Waals surface area (Å²) in [5.74, 6) is 0.830. The Labute approximate surface area is 134 Å². The summed E-state index contributed by atoms with van der Waals surface area (Å²) in [4.78, 5) is 0. The maximum Gasteiger partial charge on any atom is 0.314 e. The number of hydrogen-bond acceptors (Lipinski definition) is 3. The molecule has 3 atom stereocenters. The van der Waals surface area contributed by atoms with Crippen molar-refractivity contribution < 1.29 is 13.0 Å². The Morgan fingerprint density at radius 2 is 1.43 bits per heavy atom. The zero-order valence-electron chi connectivity index (χ0n) is 15.0. The van der Waals surface area contributed by atoms with Crippen molar-refractivity contribution in [2.24, 2.45) is 5.92 Å². The van der Waals surface area contributed by atoms with E-state index >= 15 is 0 Å². The van der Waals surface area contributed by atoms with Crippen LogP contribution >= 0.6 is 0 Å². The van der Waals surface area contributed by atoms with Crippen LogP contribution in [0.4, 0.5) is 0 Å². The molecule has 1 heterocycles. The summed E-state index contributed by atoms with van der Waals surface area (Å²) in [5.41, 5.74) is 0. The van der Waals surface area contributed by atoms with Gasteiger partial charge >= 0.3 is 8.56 Å². The predicted molar refractivity (Wildman–Crippen MR) is 95.9 cm³/mol. The highest BCUT2D eigenvalue weighted by atomic mass is 28.5. The van der Waals surface area contributed by atoms with Gasteiger partial charge in [-0.15, -0.1) is 0 Å². The van der Waals surface area contributed by atoms with Gasteiger partial charge in [-0.25, -0.2) is 0 Å². The van der Waals surface area contributed by atoms with E-state index in [4.69, 9.17) is 13.0 Å². The van der Waals surface area contributed by atoms with Gasteiger partial charge in [0.15, 0.2) is 16.6 Å². The largest absolute Gasteiger partial charge is 0.437 e. The van der Waals surface area contributed by atoms with Crippen molar-refractivity contribution in [2.45, 2.75) is 89.8 Å². The molecule has 0 bridgehead atoms. The third-order valence-electron chi connectivity index (χ3n) is 4.16. The monoisotopic (exact) mass is 346 g/mol. The van der Waals surface area contributed by atoms with Crippen molar-refractivity contribution in [2.75, 3.05) is 0 Å². The molecule has 0 spiro atoms. The second-order valence-electron chi connectivity index (χ2n) is 8.99. The number of fused-ring (bicyclic) bond motifs is 1. The van der Waals surface area contributed by atoms with E-state index in [2.05, 4.69) is 45.8 Å². The van der Waals surface area contributed by atoms with Crippen LogP contribution in [0.15, 0.2) is 0 Å². The Balaban J connectivity index is 1.91. The van der Waals surface area contributed by atoms with E-state index in [0.717, 1.165) is 12.0 Å². The lowest BCUT2D eigenvalue weighted by Gasteiger charge is -2.39. The number of ether oxygens (including phenoxy) is 1. The van der Waals surface area contributed by atoms with Gasteiger partial charge in [0, 0.05) is 0 Å². The Hall–Kier alpha value is 0.531. The van der Waals surface area contributed by atoms with Crippen LogP contribution in [0.5, 0.6) is 0 Å². The summed E-state index contributed by atoms with van der Waals surface area (Å²) in [5, 5.41) is 0. The molecule has 6 heteroatoms. The minimum Gasteiger partial charge on any atom is -0.437 e. The molecule has 21 heavy (non-hydrogen) atoms. The van der Waals surface area contributed by atoms with Gasteiger partial charge in [-0.05, 0) is 83.5 Å². The van der Waals surface area contributed by atoms with E-state index in [9.17, 15) is 0 Å². The standard InChI is InChI=1S/C15H34O3Si3/c1-19(2,3)17-21(7,18-20(4,5)6)11-10-13-8-9-14-15(12-13)16-14/h13-15H,8-12H2,1-7H3/t13?,14-,15+/m1/s1. The molecule has 2 fully saturated rings. The first-order chi connectivity index (χ1) is 9.46. The van der Waals surface area contributed by atoms with Crippen molar-refractivity contribution in [3.63, 3.8) is 0 Å². The van der Waals surface area contributed by atoms with Crippen LogP contribution < -0.4 is 0 Å². The fourth-order valence-corrected chi connectivity index (χ4v) is 16.3. The summed E-state index contributed by atoms with van der Waals surface area (Å²) in [6.07, 6.45) is 6.36. The molecule has 3 nitrogen and oxygen atoms in total. The Morgan fingerprint density at radius 1 is 0.857 bits per heavy atom. The summed E-state index contributed by atoms with van der Waals surface area (Å²) < 4.78 is 18.8. The molecule has 0 N–H and O–H groups in total. The van der Waals surface area contributed by atoms with Crippen LogP contribution in [0, 0.1) is 5.92 Å². The second kappa shape index (κ2) is 6.20. The molecule has 0 aromatic carbocycles. The highest BCUT2D eigenvalue weighted by molar-refractivity contribution is 6.87. The van der Waals surface area contributed by atoms with E-state index < -0.39 is 25.2 Å². The van der Waals surface area contributed by atoms with E-state index in [0.29, 0.717) is 12.2 Å². The molecule has 0 radical (unpaired) electrons. The Morgan fingerprint density at radius 3 is 1.90 bits per heavy atom. The van der Waals surface area contributed by atoms with Gasteiger partial charge in [-0.1, -0.05) is 0 Å². The first-order valence-electron chi connectivity index (χ1n) is 8.52. The summed E-state index contributed by atoms with van der Waals surface area (Å²) in [6.45, 7) is 16.0. The van der Waals surface area contributed by atoms with Crippen molar-refractivity contribution >= 4 is 25.2 Å². The zero-order valence-corrected chi connectivity index (χ0v) is 18.0. The van der Waals surface area contributed by atoms with Crippen molar-refractivity contribution in [1.82, 2.24) is 0 Å².